The van der Waals surface area contributed by atoms with Gasteiger partial charge in [0.05, 0.1) is 13.2 Å². The van der Waals surface area contributed by atoms with Gasteiger partial charge < -0.3 is 19.9 Å². The second-order valence-corrected chi connectivity index (χ2v) is 3.72. The lowest BCUT2D eigenvalue weighted by atomic mass is 10.2. The van der Waals surface area contributed by atoms with Gasteiger partial charge in [0, 0.05) is 12.5 Å². The van der Waals surface area contributed by atoms with Crippen LogP contribution in [0.2, 0.25) is 0 Å². The molecule has 5 heteroatoms. The molecule has 0 aromatic heterocycles. The van der Waals surface area contributed by atoms with Crippen molar-refractivity contribution in [3.8, 4) is 11.5 Å². The first-order valence-corrected chi connectivity index (χ1v) is 5.93. The van der Waals surface area contributed by atoms with Crippen LogP contribution in [0.1, 0.15) is 13.3 Å². The van der Waals surface area contributed by atoms with Gasteiger partial charge in [-0.3, -0.25) is 4.79 Å². The summed E-state index contributed by atoms with van der Waals surface area (Å²) in [4.78, 5) is 10.8. The van der Waals surface area contributed by atoms with Gasteiger partial charge in [0.25, 0.3) is 0 Å². The maximum atomic E-state index is 10.8. The van der Waals surface area contributed by atoms with Crippen molar-refractivity contribution in [1.82, 2.24) is 5.32 Å². The van der Waals surface area contributed by atoms with E-state index in [2.05, 4.69) is 5.32 Å². The molecule has 0 saturated carbocycles. The second-order valence-electron chi connectivity index (χ2n) is 3.72. The van der Waals surface area contributed by atoms with E-state index in [9.17, 15) is 4.79 Å². The van der Waals surface area contributed by atoms with Crippen LogP contribution >= 0.6 is 0 Å². The lowest BCUT2D eigenvalue weighted by Gasteiger charge is -2.12. The van der Waals surface area contributed by atoms with Crippen LogP contribution in [-0.2, 0) is 4.79 Å². The number of carboxylic acid groups (broad SMARTS) is 1. The van der Waals surface area contributed by atoms with Gasteiger partial charge in [-0.1, -0.05) is 6.07 Å². The van der Waals surface area contributed by atoms with Gasteiger partial charge in [-0.05, 0) is 26.1 Å². The summed E-state index contributed by atoms with van der Waals surface area (Å²) in [6, 6.07) is 6.72. The molecule has 1 rings (SSSR count). The number of hydrogen-bond acceptors (Lipinski definition) is 4. The van der Waals surface area contributed by atoms with E-state index < -0.39 is 12.0 Å². The summed E-state index contributed by atoms with van der Waals surface area (Å²) < 4.78 is 10.8. The maximum Gasteiger partial charge on any atom is 0.320 e. The largest absolute Gasteiger partial charge is 0.494 e. The SMILES string of the molecule is CCOc1cccc(OCCC(NC)C(=O)O)c1. The van der Waals surface area contributed by atoms with Crippen molar-refractivity contribution in [3.05, 3.63) is 24.3 Å². The zero-order valence-electron chi connectivity index (χ0n) is 10.7. The zero-order chi connectivity index (χ0) is 13.4. The molecular weight excluding hydrogens is 234 g/mol. The molecule has 2 N–H and O–H groups in total. The molecule has 0 saturated heterocycles. The van der Waals surface area contributed by atoms with Crippen molar-refractivity contribution >= 4 is 5.97 Å². The second kappa shape index (κ2) is 7.55. The molecule has 18 heavy (non-hydrogen) atoms. The van der Waals surface area contributed by atoms with E-state index in [1.165, 1.54) is 0 Å². The number of rotatable bonds is 8. The number of nitrogens with one attached hydrogen (secondary N) is 1. The molecule has 0 aliphatic carbocycles. The van der Waals surface area contributed by atoms with E-state index in [4.69, 9.17) is 14.6 Å². The Morgan fingerprint density at radius 2 is 2.06 bits per heavy atom. The van der Waals surface area contributed by atoms with Crippen LogP contribution in [0, 0.1) is 0 Å². The topological polar surface area (TPSA) is 67.8 Å². The predicted molar refractivity (Wildman–Crippen MR) is 68.2 cm³/mol. The first kappa shape index (κ1) is 14.3. The average Bonchev–Trinajstić information content (AvgIpc) is 2.35. The molecule has 5 nitrogen and oxygen atoms in total. The molecule has 0 amide bonds. The molecular formula is C13H19NO4. The van der Waals surface area contributed by atoms with Crippen LogP contribution in [0.5, 0.6) is 11.5 Å². The molecule has 0 aliphatic heterocycles. The minimum atomic E-state index is -0.871. The summed E-state index contributed by atoms with van der Waals surface area (Å²) in [6.07, 6.45) is 0.407. The molecule has 0 fully saturated rings. The number of hydrogen-bond donors (Lipinski definition) is 2. The molecule has 100 valence electrons. The smallest absolute Gasteiger partial charge is 0.320 e. The highest BCUT2D eigenvalue weighted by Gasteiger charge is 2.14. The minimum absolute atomic E-state index is 0.341. The Morgan fingerprint density at radius 1 is 1.39 bits per heavy atom. The fourth-order valence-electron chi connectivity index (χ4n) is 1.51. The summed E-state index contributed by atoms with van der Waals surface area (Å²) in [5, 5.41) is 11.6. The Kier molecular flexibility index (Phi) is 6.00. The molecule has 1 aromatic carbocycles. The average molecular weight is 253 g/mol. The van der Waals surface area contributed by atoms with E-state index in [1.54, 1.807) is 13.1 Å². The van der Waals surface area contributed by atoms with Crippen molar-refractivity contribution in [1.29, 1.82) is 0 Å². The molecule has 1 aromatic rings. The summed E-state index contributed by atoms with van der Waals surface area (Å²) in [6.45, 7) is 2.86. The van der Waals surface area contributed by atoms with Gasteiger partial charge in [0.15, 0.2) is 0 Å². The molecule has 0 bridgehead atoms. The first-order valence-electron chi connectivity index (χ1n) is 5.93. The Balaban J connectivity index is 2.43. The van der Waals surface area contributed by atoms with Gasteiger partial charge in [-0.2, -0.15) is 0 Å². The summed E-state index contributed by atoms with van der Waals surface area (Å²) >= 11 is 0. The van der Waals surface area contributed by atoms with Crippen LogP contribution in [0.4, 0.5) is 0 Å². The van der Waals surface area contributed by atoms with Crippen molar-refractivity contribution in [3.63, 3.8) is 0 Å². The third kappa shape index (κ3) is 4.63. The maximum absolute atomic E-state index is 10.8. The fourth-order valence-corrected chi connectivity index (χ4v) is 1.51. The van der Waals surface area contributed by atoms with Crippen LogP contribution in [-0.4, -0.2) is 37.4 Å². The monoisotopic (exact) mass is 253 g/mol. The Hall–Kier alpha value is -1.75. The predicted octanol–water partition coefficient (Wildman–Crippen LogP) is 1.53. The van der Waals surface area contributed by atoms with Gasteiger partial charge in [-0.15, -0.1) is 0 Å². The Bertz CT molecular complexity index is 381. The van der Waals surface area contributed by atoms with E-state index in [0.29, 0.717) is 25.4 Å². The van der Waals surface area contributed by atoms with Crippen molar-refractivity contribution < 1.29 is 19.4 Å². The zero-order valence-corrected chi connectivity index (χ0v) is 10.7. The lowest BCUT2D eigenvalue weighted by molar-refractivity contribution is -0.139. The number of carbonyl (C=O) groups is 1. The van der Waals surface area contributed by atoms with Crippen molar-refractivity contribution in [2.75, 3.05) is 20.3 Å². The molecule has 1 atom stereocenters. The van der Waals surface area contributed by atoms with Crippen LogP contribution in [0.3, 0.4) is 0 Å². The summed E-state index contributed by atoms with van der Waals surface area (Å²) in [7, 11) is 1.62. The summed E-state index contributed by atoms with van der Waals surface area (Å²) in [5.41, 5.74) is 0. The van der Waals surface area contributed by atoms with Crippen LogP contribution in [0.15, 0.2) is 24.3 Å². The Morgan fingerprint density at radius 3 is 2.61 bits per heavy atom. The van der Waals surface area contributed by atoms with E-state index in [1.807, 2.05) is 25.1 Å². The van der Waals surface area contributed by atoms with Crippen molar-refractivity contribution in [2.24, 2.45) is 0 Å². The minimum Gasteiger partial charge on any atom is -0.494 e. The number of aliphatic carboxylic acids is 1. The van der Waals surface area contributed by atoms with Crippen LogP contribution in [0.25, 0.3) is 0 Å². The molecule has 0 spiro atoms. The molecule has 0 radical (unpaired) electrons. The highest BCUT2D eigenvalue weighted by atomic mass is 16.5. The number of carboxylic acids is 1. The number of likely N-dealkylation sites (N-methyl/N-ethyl adjacent to an activating group) is 1. The molecule has 1 unspecified atom stereocenters. The van der Waals surface area contributed by atoms with Gasteiger partial charge in [-0.25, -0.2) is 0 Å². The Labute approximate surface area is 107 Å². The normalized spacial score (nSPS) is 11.9. The standard InChI is InChI=1S/C13H19NO4/c1-3-17-10-5-4-6-11(9-10)18-8-7-12(14-2)13(15)16/h4-6,9,12,14H,3,7-8H2,1-2H3,(H,15,16). The highest BCUT2D eigenvalue weighted by Crippen LogP contribution is 2.19. The number of benzene rings is 1. The van der Waals surface area contributed by atoms with Gasteiger partial charge in [0.2, 0.25) is 0 Å². The quantitative estimate of drug-likeness (QED) is 0.735. The third-order valence-electron chi connectivity index (χ3n) is 2.44. The lowest BCUT2D eigenvalue weighted by Crippen LogP contribution is -2.35. The van der Waals surface area contributed by atoms with Gasteiger partial charge in [0.1, 0.15) is 17.5 Å². The van der Waals surface area contributed by atoms with Gasteiger partial charge >= 0.3 is 5.97 Å². The number of ether oxygens (including phenoxy) is 2. The highest BCUT2D eigenvalue weighted by molar-refractivity contribution is 5.73. The van der Waals surface area contributed by atoms with E-state index in [-0.39, 0.29) is 0 Å². The molecule has 0 aliphatic rings. The fraction of sp³-hybridized carbons (Fsp3) is 0.462. The van der Waals surface area contributed by atoms with E-state index >= 15 is 0 Å². The first-order chi connectivity index (χ1) is 8.67. The van der Waals surface area contributed by atoms with Crippen molar-refractivity contribution in [2.45, 2.75) is 19.4 Å². The summed E-state index contributed by atoms with van der Waals surface area (Å²) in [5.74, 6) is 0.559. The van der Waals surface area contributed by atoms with E-state index in [0.717, 1.165) is 5.75 Å². The third-order valence-corrected chi connectivity index (χ3v) is 2.44. The molecule has 0 heterocycles. The van der Waals surface area contributed by atoms with Crippen LogP contribution < -0.4 is 14.8 Å².